The van der Waals surface area contributed by atoms with Gasteiger partial charge in [-0.05, 0) is 17.7 Å². The highest BCUT2D eigenvalue weighted by Crippen LogP contribution is 2.23. The molecule has 1 aromatic carbocycles. The number of carboxylic acid groups (broad SMARTS) is 1. The Morgan fingerprint density at radius 3 is 2.20 bits per heavy atom. The third kappa shape index (κ3) is 5.65. The quantitative estimate of drug-likeness (QED) is 0.907. The van der Waals surface area contributed by atoms with Crippen molar-refractivity contribution in [3.63, 3.8) is 0 Å². The molecule has 0 aliphatic heterocycles. The van der Waals surface area contributed by atoms with E-state index < -0.39 is 5.97 Å². The lowest BCUT2D eigenvalue weighted by Gasteiger charge is -2.21. The number of carbonyl (C=O) groups excluding carboxylic acids is 1. The first-order chi connectivity index (χ1) is 9.19. The van der Waals surface area contributed by atoms with Gasteiger partial charge in [0.25, 0.3) is 0 Å². The maximum Gasteiger partial charge on any atom is 0.335 e. The molecule has 1 rings (SSSR count). The Kier molecular flexibility index (Phi) is 5.62. The Hall–Kier alpha value is -1.49. The lowest BCUT2D eigenvalue weighted by Crippen LogP contribution is -2.29. The molecule has 20 heavy (non-hydrogen) atoms. The van der Waals surface area contributed by atoms with Crippen molar-refractivity contribution in [2.75, 3.05) is 12.8 Å². The van der Waals surface area contributed by atoms with E-state index >= 15 is 0 Å². The summed E-state index contributed by atoms with van der Waals surface area (Å²) < 4.78 is 0.0691. The summed E-state index contributed by atoms with van der Waals surface area (Å²) in [5.74, 6) is -0.414. The topological polar surface area (TPSA) is 57.6 Å². The second-order valence-electron chi connectivity index (χ2n) is 5.65. The smallest absolute Gasteiger partial charge is 0.335 e. The van der Waals surface area contributed by atoms with Crippen molar-refractivity contribution in [2.24, 2.45) is 0 Å². The van der Waals surface area contributed by atoms with Crippen molar-refractivity contribution < 1.29 is 14.7 Å². The van der Waals surface area contributed by atoms with Gasteiger partial charge in [-0.25, -0.2) is 4.79 Å². The van der Waals surface area contributed by atoms with Crippen LogP contribution in [0.2, 0.25) is 0 Å². The average molecular weight is 295 g/mol. The van der Waals surface area contributed by atoms with Gasteiger partial charge >= 0.3 is 5.97 Å². The summed E-state index contributed by atoms with van der Waals surface area (Å²) in [6, 6.07) is 6.59. The molecule has 0 aliphatic carbocycles. The number of benzene rings is 1. The molecule has 1 N–H and O–H groups in total. The Morgan fingerprint density at radius 2 is 1.75 bits per heavy atom. The molecule has 0 radical (unpaired) electrons. The predicted molar refractivity (Wildman–Crippen MR) is 82.1 cm³/mol. The van der Waals surface area contributed by atoms with Gasteiger partial charge in [-0.15, -0.1) is 11.8 Å². The fourth-order valence-corrected chi connectivity index (χ4v) is 2.28. The second kappa shape index (κ2) is 6.79. The number of rotatable bonds is 5. The molecule has 0 heterocycles. The number of aromatic carboxylic acids is 1. The van der Waals surface area contributed by atoms with Crippen LogP contribution < -0.4 is 0 Å². The first kappa shape index (κ1) is 16.6. The molecular formula is C15H21NO3S. The maximum atomic E-state index is 12.0. The summed E-state index contributed by atoms with van der Waals surface area (Å²) in [4.78, 5) is 24.4. The number of amides is 1. The van der Waals surface area contributed by atoms with Crippen LogP contribution in [-0.4, -0.2) is 39.4 Å². The van der Waals surface area contributed by atoms with E-state index in [1.165, 1.54) is 0 Å². The Balaban J connectivity index is 2.55. The molecule has 0 saturated carbocycles. The molecule has 0 aliphatic rings. The molecule has 0 spiro atoms. The van der Waals surface area contributed by atoms with E-state index in [4.69, 9.17) is 5.11 Å². The molecule has 110 valence electrons. The molecule has 0 fully saturated rings. The van der Waals surface area contributed by atoms with Crippen LogP contribution in [0.1, 0.15) is 36.7 Å². The first-order valence-corrected chi connectivity index (χ1v) is 7.38. The largest absolute Gasteiger partial charge is 0.478 e. The Labute approximate surface area is 124 Å². The van der Waals surface area contributed by atoms with Crippen molar-refractivity contribution in [3.8, 4) is 0 Å². The van der Waals surface area contributed by atoms with E-state index in [9.17, 15) is 9.59 Å². The maximum absolute atomic E-state index is 12.0. The minimum absolute atomic E-state index is 0.0691. The van der Waals surface area contributed by atoms with Gasteiger partial charge in [-0.3, -0.25) is 4.79 Å². The van der Waals surface area contributed by atoms with Crippen molar-refractivity contribution in [3.05, 3.63) is 35.4 Å². The molecule has 1 amide bonds. The standard InChI is InChI=1S/C15H21NO3S/c1-15(2,3)20-10-13(17)16(4)9-11-5-7-12(8-6-11)14(18)19/h5-8H,9-10H2,1-4H3,(H,18,19). The van der Waals surface area contributed by atoms with E-state index in [2.05, 4.69) is 20.8 Å². The minimum atomic E-state index is -0.942. The summed E-state index contributed by atoms with van der Waals surface area (Å²) in [7, 11) is 1.76. The minimum Gasteiger partial charge on any atom is -0.478 e. The van der Waals surface area contributed by atoms with Gasteiger partial charge in [-0.2, -0.15) is 0 Å². The molecule has 0 bridgehead atoms. The number of hydrogen-bond acceptors (Lipinski definition) is 3. The van der Waals surface area contributed by atoms with E-state index in [0.717, 1.165) is 5.56 Å². The zero-order valence-corrected chi connectivity index (χ0v) is 13.2. The average Bonchev–Trinajstić information content (AvgIpc) is 2.35. The molecule has 4 nitrogen and oxygen atoms in total. The number of hydrogen-bond donors (Lipinski definition) is 1. The van der Waals surface area contributed by atoms with Crippen LogP contribution in [-0.2, 0) is 11.3 Å². The predicted octanol–water partition coefficient (Wildman–Crippen LogP) is 2.87. The number of carbonyl (C=O) groups is 2. The van der Waals surface area contributed by atoms with E-state index in [-0.39, 0.29) is 16.2 Å². The van der Waals surface area contributed by atoms with Crippen LogP contribution >= 0.6 is 11.8 Å². The third-order valence-corrected chi connectivity index (χ3v) is 3.93. The van der Waals surface area contributed by atoms with Crippen molar-refractivity contribution in [1.82, 2.24) is 4.90 Å². The summed E-state index contributed by atoms with van der Waals surface area (Å²) >= 11 is 1.62. The first-order valence-electron chi connectivity index (χ1n) is 6.39. The molecule has 5 heteroatoms. The zero-order valence-electron chi connectivity index (χ0n) is 12.3. The van der Waals surface area contributed by atoms with Crippen LogP contribution in [0.25, 0.3) is 0 Å². The van der Waals surface area contributed by atoms with Gasteiger partial charge in [0.1, 0.15) is 0 Å². The van der Waals surface area contributed by atoms with E-state index in [0.29, 0.717) is 12.3 Å². The Bertz CT molecular complexity index is 477. The Morgan fingerprint density at radius 1 is 1.20 bits per heavy atom. The SMILES string of the molecule is CN(Cc1ccc(C(=O)O)cc1)C(=O)CSC(C)(C)C. The van der Waals surface area contributed by atoms with Crippen molar-refractivity contribution >= 4 is 23.6 Å². The van der Waals surface area contributed by atoms with Gasteiger partial charge in [-0.1, -0.05) is 32.9 Å². The van der Waals surface area contributed by atoms with Crippen LogP contribution in [0.15, 0.2) is 24.3 Å². The van der Waals surface area contributed by atoms with Gasteiger partial charge in [0.15, 0.2) is 0 Å². The normalized spacial score (nSPS) is 11.2. The van der Waals surface area contributed by atoms with Gasteiger partial charge in [0.2, 0.25) is 5.91 Å². The molecule has 1 aromatic rings. The number of thioether (sulfide) groups is 1. The highest BCUT2D eigenvalue weighted by atomic mass is 32.2. The fraction of sp³-hybridized carbons (Fsp3) is 0.467. The van der Waals surface area contributed by atoms with E-state index in [1.54, 1.807) is 48.0 Å². The fourth-order valence-electron chi connectivity index (χ4n) is 1.50. The van der Waals surface area contributed by atoms with Crippen LogP contribution in [0.4, 0.5) is 0 Å². The zero-order chi connectivity index (χ0) is 15.3. The second-order valence-corrected chi connectivity index (χ2v) is 7.46. The molecule has 0 unspecified atom stereocenters. The monoisotopic (exact) mass is 295 g/mol. The van der Waals surface area contributed by atoms with Crippen molar-refractivity contribution in [1.29, 1.82) is 0 Å². The van der Waals surface area contributed by atoms with Gasteiger partial charge in [0, 0.05) is 18.3 Å². The van der Waals surface area contributed by atoms with Crippen LogP contribution in [0, 0.1) is 0 Å². The summed E-state index contributed by atoms with van der Waals surface area (Å²) in [6.07, 6.45) is 0. The molecule has 0 aromatic heterocycles. The highest BCUT2D eigenvalue weighted by molar-refractivity contribution is 8.01. The lowest BCUT2D eigenvalue weighted by molar-refractivity contribution is -0.127. The van der Waals surface area contributed by atoms with E-state index in [1.807, 2.05) is 0 Å². The molecule has 0 saturated heterocycles. The third-order valence-electron chi connectivity index (χ3n) is 2.68. The summed E-state index contributed by atoms with van der Waals surface area (Å²) in [5, 5.41) is 8.82. The lowest BCUT2D eigenvalue weighted by atomic mass is 10.1. The van der Waals surface area contributed by atoms with Gasteiger partial charge in [0.05, 0.1) is 11.3 Å². The van der Waals surface area contributed by atoms with Crippen LogP contribution in [0.3, 0.4) is 0 Å². The molecular weight excluding hydrogens is 274 g/mol. The summed E-state index contributed by atoms with van der Waals surface area (Å²) in [5.41, 5.74) is 1.18. The number of carboxylic acids is 1. The van der Waals surface area contributed by atoms with Crippen LogP contribution in [0.5, 0.6) is 0 Å². The number of nitrogens with zero attached hydrogens (tertiary/aromatic N) is 1. The summed E-state index contributed by atoms with van der Waals surface area (Å²) in [6.45, 7) is 6.73. The van der Waals surface area contributed by atoms with Crippen molar-refractivity contribution in [2.45, 2.75) is 32.1 Å². The molecule has 0 atom stereocenters. The highest BCUT2D eigenvalue weighted by Gasteiger charge is 2.16. The van der Waals surface area contributed by atoms with Gasteiger partial charge < -0.3 is 10.0 Å².